The zero-order valence-electron chi connectivity index (χ0n) is 10.1. The molecule has 1 atom stereocenters. The van der Waals surface area contributed by atoms with Gasteiger partial charge in [0, 0.05) is 18.2 Å². The SMILES string of the molecule is COc1ccc(C)cc1C(N)CCCCO. The molecule has 3 N–H and O–H groups in total. The minimum atomic E-state index is -0.0126. The van der Waals surface area contributed by atoms with Gasteiger partial charge in [-0.3, -0.25) is 0 Å². The van der Waals surface area contributed by atoms with Gasteiger partial charge in [-0.2, -0.15) is 0 Å². The van der Waals surface area contributed by atoms with Gasteiger partial charge in [-0.15, -0.1) is 0 Å². The Morgan fingerprint density at radius 2 is 2.12 bits per heavy atom. The molecule has 0 spiro atoms. The minimum Gasteiger partial charge on any atom is -0.496 e. The molecule has 1 rings (SSSR count). The number of nitrogens with two attached hydrogens (primary N) is 1. The molecule has 0 heterocycles. The van der Waals surface area contributed by atoms with E-state index < -0.39 is 0 Å². The molecule has 3 nitrogen and oxygen atoms in total. The highest BCUT2D eigenvalue weighted by Gasteiger charge is 2.11. The number of hydrogen-bond acceptors (Lipinski definition) is 3. The molecule has 0 aromatic heterocycles. The van der Waals surface area contributed by atoms with Crippen LogP contribution in [0.4, 0.5) is 0 Å². The molecular weight excluding hydrogens is 202 g/mol. The highest BCUT2D eigenvalue weighted by Crippen LogP contribution is 2.27. The molecule has 0 amide bonds. The number of benzene rings is 1. The Bertz CT molecular complexity index is 326. The van der Waals surface area contributed by atoms with Gasteiger partial charge >= 0.3 is 0 Å². The van der Waals surface area contributed by atoms with Crippen LogP contribution >= 0.6 is 0 Å². The molecule has 1 unspecified atom stereocenters. The predicted octanol–water partition coefficient (Wildman–Crippen LogP) is 2.17. The summed E-state index contributed by atoms with van der Waals surface area (Å²) in [7, 11) is 1.66. The van der Waals surface area contributed by atoms with Crippen molar-refractivity contribution in [2.75, 3.05) is 13.7 Å². The number of ether oxygens (including phenoxy) is 1. The molecule has 16 heavy (non-hydrogen) atoms. The van der Waals surface area contributed by atoms with E-state index in [4.69, 9.17) is 15.6 Å². The lowest BCUT2D eigenvalue weighted by molar-refractivity contribution is 0.281. The van der Waals surface area contributed by atoms with E-state index in [-0.39, 0.29) is 12.6 Å². The van der Waals surface area contributed by atoms with E-state index in [1.807, 2.05) is 19.1 Å². The molecule has 3 heteroatoms. The van der Waals surface area contributed by atoms with Crippen molar-refractivity contribution >= 4 is 0 Å². The molecule has 0 aliphatic heterocycles. The summed E-state index contributed by atoms with van der Waals surface area (Å²) in [5, 5.41) is 8.73. The number of unbranched alkanes of at least 4 members (excludes halogenated alkanes) is 1. The smallest absolute Gasteiger partial charge is 0.123 e. The predicted molar refractivity (Wildman–Crippen MR) is 65.6 cm³/mol. The number of aliphatic hydroxyl groups excluding tert-OH is 1. The summed E-state index contributed by atoms with van der Waals surface area (Å²) < 4.78 is 5.30. The van der Waals surface area contributed by atoms with Crippen LogP contribution in [0.3, 0.4) is 0 Å². The van der Waals surface area contributed by atoms with Crippen molar-refractivity contribution < 1.29 is 9.84 Å². The van der Waals surface area contributed by atoms with Crippen molar-refractivity contribution in [1.82, 2.24) is 0 Å². The summed E-state index contributed by atoms with van der Waals surface area (Å²) >= 11 is 0. The molecule has 0 aliphatic rings. The first-order chi connectivity index (χ1) is 7.69. The molecule has 90 valence electrons. The molecule has 0 fully saturated rings. The summed E-state index contributed by atoms with van der Waals surface area (Å²) in [6.07, 6.45) is 2.62. The zero-order chi connectivity index (χ0) is 12.0. The van der Waals surface area contributed by atoms with E-state index in [2.05, 4.69) is 6.07 Å². The third-order valence-corrected chi connectivity index (χ3v) is 2.71. The number of methoxy groups -OCH3 is 1. The Kier molecular flexibility index (Phi) is 5.29. The van der Waals surface area contributed by atoms with Crippen LogP contribution in [0.5, 0.6) is 5.75 Å². The summed E-state index contributed by atoms with van der Waals surface area (Å²) in [6, 6.07) is 6.03. The third-order valence-electron chi connectivity index (χ3n) is 2.71. The quantitative estimate of drug-likeness (QED) is 0.727. The molecule has 1 aromatic rings. The lowest BCUT2D eigenvalue weighted by atomic mass is 9.99. The van der Waals surface area contributed by atoms with Crippen molar-refractivity contribution in [3.05, 3.63) is 29.3 Å². The van der Waals surface area contributed by atoms with Crippen LogP contribution in [-0.4, -0.2) is 18.8 Å². The van der Waals surface area contributed by atoms with E-state index in [1.165, 1.54) is 5.56 Å². The minimum absolute atomic E-state index is 0.0126. The van der Waals surface area contributed by atoms with Crippen molar-refractivity contribution in [3.63, 3.8) is 0 Å². The topological polar surface area (TPSA) is 55.5 Å². The lowest BCUT2D eigenvalue weighted by Crippen LogP contribution is -2.12. The number of aliphatic hydroxyl groups is 1. The standard InChI is InChI=1S/C13H21NO2/c1-10-6-7-13(16-2)11(9-10)12(14)5-3-4-8-15/h6-7,9,12,15H,3-5,8,14H2,1-2H3. The van der Waals surface area contributed by atoms with Crippen LogP contribution in [-0.2, 0) is 0 Å². The first-order valence-electron chi connectivity index (χ1n) is 5.70. The highest BCUT2D eigenvalue weighted by atomic mass is 16.5. The summed E-state index contributed by atoms with van der Waals surface area (Å²) in [5.74, 6) is 0.849. The number of hydrogen-bond donors (Lipinski definition) is 2. The summed E-state index contributed by atoms with van der Waals surface area (Å²) in [4.78, 5) is 0. The van der Waals surface area contributed by atoms with Crippen LogP contribution in [0.15, 0.2) is 18.2 Å². The Balaban J connectivity index is 2.72. The first-order valence-corrected chi connectivity index (χ1v) is 5.70. The van der Waals surface area contributed by atoms with Crippen molar-refractivity contribution in [2.45, 2.75) is 32.2 Å². The summed E-state index contributed by atoms with van der Waals surface area (Å²) in [5.41, 5.74) is 8.36. The fourth-order valence-electron chi connectivity index (χ4n) is 1.78. The van der Waals surface area contributed by atoms with Gasteiger partial charge in [0.2, 0.25) is 0 Å². The van der Waals surface area contributed by atoms with Gasteiger partial charge in [0.25, 0.3) is 0 Å². The maximum Gasteiger partial charge on any atom is 0.123 e. The van der Waals surface area contributed by atoms with E-state index in [0.717, 1.165) is 30.6 Å². The fourth-order valence-corrected chi connectivity index (χ4v) is 1.78. The molecule has 0 bridgehead atoms. The third kappa shape index (κ3) is 3.51. The van der Waals surface area contributed by atoms with Gasteiger partial charge < -0.3 is 15.6 Å². The van der Waals surface area contributed by atoms with Gasteiger partial charge in [-0.1, -0.05) is 17.7 Å². The maximum absolute atomic E-state index is 8.73. The average molecular weight is 223 g/mol. The molecule has 1 aromatic carbocycles. The number of rotatable bonds is 6. The Hall–Kier alpha value is -1.06. The zero-order valence-corrected chi connectivity index (χ0v) is 10.1. The Labute approximate surface area is 97.2 Å². The Morgan fingerprint density at radius 1 is 1.38 bits per heavy atom. The largest absolute Gasteiger partial charge is 0.496 e. The Morgan fingerprint density at radius 3 is 2.75 bits per heavy atom. The van der Waals surface area contributed by atoms with Crippen LogP contribution in [0.25, 0.3) is 0 Å². The molecular formula is C13H21NO2. The molecule has 0 saturated carbocycles. The summed E-state index contributed by atoms with van der Waals surface area (Å²) in [6.45, 7) is 2.28. The molecule has 0 saturated heterocycles. The average Bonchev–Trinajstić information content (AvgIpc) is 2.29. The number of aryl methyl sites for hydroxylation is 1. The van der Waals surface area contributed by atoms with E-state index in [0.29, 0.717) is 0 Å². The van der Waals surface area contributed by atoms with Crippen LogP contribution in [0.1, 0.15) is 36.4 Å². The van der Waals surface area contributed by atoms with Gasteiger partial charge in [0.05, 0.1) is 7.11 Å². The second kappa shape index (κ2) is 6.51. The molecule has 0 radical (unpaired) electrons. The second-order valence-electron chi connectivity index (χ2n) is 4.07. The first kappa shape index (κ1) is 13.0. The second-order valence-corrected chi connectivity index (χ2v) is 4.07. The van der Waals surface area contributed by atoms with Gasteiger partial charge in [0.15, 0.2) is 0 Å². The van der Waals surface area contributed by atoms with Gasteiger partial charge in [0.1, 0.15) is 5.75 Å². The van der Waals surface area contributed by atoms with Crippen LogP contribution < -0.4 is 10.5 Å². The van der Waals surface area contributed by atoms with E-state index in [1.54, 1.807) is 7.11 Å². The van der Waals surface area contributed by atoms with Crippen molar-refractivity contribution in [1.29, 1.82) is 0 Å². The maximum atomic E-state index is 8.73. The van der Waals surface area contributed by atoms with E-state index in [9.17, 15) is 0 Å². The van der Waals surface area contributed by atoms with E-state index >= 15 is 0 Å². The van der Waals surface area contributed by atoms with Gasteiger partial charge in [-0.25, -0.2) is 0 Å². The molecule has 0 aliphatic carbocycles. The highest BCUT2D eigenvalue weighted by molar-refractivity contribution is 5.38. The normalized spacial score (nSPS) is 12.5. The van der Waals surface area contributed by atoms with Crippen LogP contribution in [0.2, 0.25) is 0 Å². The van der Waals surface area contributed by atoms with Crippen LogP contribution in [0, 0.1) is 6.92 Å². The lowest BCUT2D eigenvalue weighted by Gasteiger charge is -2.16. The van der Waals surface area contributed by atoms with Crippen molar-refractivity contribution in [2.24, 2.45) is 5.73 Å². The monoisotopic (exact) mass is 223 g/mol. The van der Waals surface area contributed by atoms with Gasteiger partial charge in [-0.05, 0) is 32.3 Å². The van der Waals surface area contributed by atoms with Crippen molar-refractivity contribution in [3.8, 4) is 5.75 Å². The fraction of sp³-hybridized carbons (Fsp3) is 0.538.